The molecule has 1 spiro atoms. The van der Waals surface area contributed by atoms with Crippen LogP contribution >= 0.6 is 0 Å². The standard InChI is InChI=1S/C16H22O4/c17-9-6-13-4-1-2-5-14(13)15(18)7-3-8-16(12-15)19-10-11-20-16/h1-2,4-5,17-18H,3,6-12H2. The molecule has 0 bridgehead atoms. The average molecular weight is 278 g/mol. The number of hydrogen-bond acceptors (Lipinski definition) is 4. The Morgan fingerprint density at radius 3 is 2.60 bits per heavy atom. The van der Waals surface area contributed by atoms with Crippen molar-refractivity contribution in [3.8, 4) is 0 Å². The van der Waals surface area contributed by atoms with Crippen LogP contribution in [0.2, 0.25) is 0 Å². The Balaban J connectivity index is 1.91. The summed E-state index contributed by atoms with van der Waals surface area (Å²) in [4.78, 5) is 0. The SMILES string of the molecule is OCCc1ccccc1C1(O)CCCC2(C1)OCCO2. The van der Waals surface area contributed by atoms with Gasteiger partial charge in [0.05, 0.1) is 18.8 Å². The third-order valence-corrected chi connectivity index (χ3v) is 4.42. The lowest BCUT2D eigenvalue weighted by Crippen LogP contribution is -2.45. The monoisotopic (exact) mass is 278 g/mol. The summed E-state index contributed by atoms with van der Waals surface area (Å²) in [5, 5.41) is 20.3. The van der Waals surface area contributed by atoms with E-state index in [9.17, 15) is 10.2 Å². The zero-order valence-electron chi connectivity index (χ0n) is 11.7. The van der Waals surface area contributed by atoms with E-state index in [0.29, 0.717) is 32.5 Å². The first kappa shape index (κ1) is 14.0. The highest BCUT2D eigenvalue weighted by Gasteiger charge is 2.49. The number of benzene rings is 1. The van der Waals surface area contributed by atoms with Gasteiger partial charge in [-0.05, 0) is 30.4 Å². The van der Waals surface area contributed by atoms with Gasteiger partial charge in [0.1, 0.15) is 0 Å². The van der Waals surface area contributed by atoms with E-state index in [-0.39, 0.29) is 6.61 Å². The van der Waals surface area contributed by atoms with Gasteiger partial charge in [-0.3, -0.25) is 0 Å². The van der Waals surface area contributed by atoms with Gasteiger partial charge in [0, 0.05) is 19.4 Å². The van der Waals surface area contributed by atoms with Crippen LogP contribution in [0.3, 0.4) is 0 Å². The molecular formula is C16H22O4. The van der Waals surface area contributed by atoms with E-state index in [1.807, 2.05) is 24.3 Å². The highest BCUT2D eigenvalue weighted by Crippen LogP contribution is 2.46. The summed E-state index contributed by atoms with van der Waals surface area (Å²) in [6.45, 7) is 1.30. The molecule has 110 valence electrons. The molecule has 1 aromatic rings. The minimum absolute atomic E-state index is 0.0885. The van der Waals surface area contributed by atoms with Gasteiger partial charge in [0.15, 0.2) is 5.79 Å². The smallest absolute Gasteiger partial charge is 0.171 e. The first-order valence-electron chi connectivity index (χ1n) is 7.37. The van der Waals surface area contributed by atoms with Crippen LogP contribution in [0.25, 0.3) is 0 Å². The van der Waals surface area contributed by atoms with E-state index in [2.05, 4.69) is 0 Å². The number of rotatable bonds is 3. The van der Waals surface area contributed by atoms with E-state index in [1.54, 1.807) is 0 Å². The highest BCUT2D eigenvalue weighted by atomic mass is 16.7. The molecule has 1 heterocycles. The van der Waals surface area contributed by atoms with Crippen molar-refractivity contribution in [2.75, 3.05) is 19.8 Å². The second-order valence-electron chi connectivity index (χ2n) is 5.80. The Labute approximate surface area is 119 Å². The molecule has 20 heavy (non-hydrogen) atoms. The van der Waals surface area contributed by atoms with Crippen LogP contribution in [0.4, 0.5) is 0 Å². The van der Waals surface area contributed by atoms with Gasteiger partial charge in [-0.25, -0.2) is 0 Å². The maximum atomic E-state index is 11.1. The molecule has 1 atom stereocenters. The topological polar surface area (TPSA) is 58.9 Å². The lowest BCUT2D eigenvalue weighted by atomic mass is 9.75. The molecule has 1 aliphatic carbocycles. The zero-order chi connectivity index (χ0) is 14.1. The Bertz CT molecular complexity index is 467. The van der Waals surface area contributed by atoms with Crippen molar-refractivity contribution in [2.45, 2.75) is 43.5 Å². The Morgan fingerprint density at radius 1 is 1.10 bits per heavy atom. The lowest BCUT2D eigenvalue weighted by molar-refractivity contribution is -0.220. The summed E-state index contributed by atoms with van der Waals surface area (Å²) in [5.74, 6) is -0.612. The molecule has 3 rings (SSSR count). The third-order valence-electron chi connectivity index (χ3n) is 4.42. The molecule has 1 unspecified atom stereocenters. The largest absolute Gasteiger partial charge is 0.396 e. The summed E-state index contributed by atoms with van der Waals surface area (Å²) in [7, 11) is 0. The Morgan fingerprint density at radius 2 is 1.85 bits per heavy atom. The molecule has 1 aromatic carbocycles. The maximum absolute atomic E-state index is 11.1. The molecule has 2 N–H and O–H groups in total. The second kappa shape index (κ2) is 5.45. The van der Waals surface area contributed by atoms with E-state index < -0.39 is 11.4 Å². The van der Waals surface area contributed by atoms with Crippen molar-refractivity contribution in [3.63, 3.8) is 0 Å². The Kier molecular flexibility index (Phi) is 3.82. The molecule has 1 saturated heterocycles. The fourth-order valence-electron chi connectivity index (χ4n) is 3.56. The second-order valence-corrected chi connectivity index (χ2v) is 5.80. The van der Waals surface area contributed by atoms with Crippen LogP contribution in [0, 0.1) is 0 Å². The van der Waals surface area contributed by atoms with Gasteiger partial charge in [-0.1, -0.05) is 24.3 Å². The fraction of sp³-hybridized carbons (Fsp3) is 0.625. The third kappa shape index (κ3) is 2.49. The first-order chi connectivity index (χ1) is 9.68. The molecule has 0 radical (unpaired) electrons. The van der Waals surface area contributed by atoms with Gasteiger partial charge in [-0.2, -0.15) is 0 Å². The predicted octanol–water partition coefficient (Wildman–Crippen LogP) is 1.73. The zero-order valence-corrected chi connectivity index (χ0v) is 11.7. The normalized spacial score (nSPS) is 28.9. The molecule has 1 aliphatic heterocycles. The predicted molar refractivity (Wildman–Crippen MR) is 74.2 cm³/mol. The van der Waals surface area contributed by atoms with Crippen LogP contribution in [0.15, 0.2) is 24.3 Å². The van der Waals surface area contributed by atoms with Crippen molar-refractivity contribution in [2.24, 2.45) is 0 Å². The minimum atomic E-state index is -0.922. The van der Waals surface area contributed by atoms with E-state index in [0.717, 1.165) is 24.0 Å². The molecule has 2 fully saturated rings. The van der Waals surface area contributed by atoms with Gasteiger partial charge in [0.2, 0.25) is 0 Å². The van der Waals surface area contributed by atoms with E-state index >= 15 is 0 Å². The average Bonchev–Trinajstić information content (AvgIpc) is 2.87. The highest BCUT2D eigenvalue weighted by molar-refractivity contribution is 5.33. The maximum Gasteiger partial charge on any atom is 0.171 e. The van der Waals surface area contributed by atoms with Crippen LogP contribution in [-0.4, -0.2) is 35.8 Å². The molecule has 0 amide bonds. The number of aliphatic hydroxyl groups is 2. The van der Waals surface area contributed by atoms with Gasteiger partial charge >= 0.3 is 0 Å². The van der Waals surface area contributed by atoms with Crippen molar-refractivity contribution in [3.05, 3.63) is 35.4 Å². The number of hydrogen-bond donors (Lipinski definition) is 2. The molecule has 1 saturated carbocycles. The molecule has 4 nitrogen and oxygen atoms in total. The first-order valence-corrected chi connectivity index (χ1v) is 7.37. The lowest BCUT2D eigenvalue weighted by Gasteiger charge is -2.42. The molecule has 4 heteroatoms. The quantitative estimate of drug-likeness (QED) is 0.884. The van der Waals surface area contributed by atoms with E-state index in [4.69, 9.17) is 9.47 Å². The van der Waals surface area contributed by atoms with Crippen LogP contribution in [-0.2, 0) is 21.5 Å². The summed E-state index contributed by atoms with van der Waals surface area (Å²) < 4.78 is 11.5. The van der Waals surface area contributed by atoms with Gasteiger partial charge < -0.3 is 19.7 Å². The van der Waals surface area contributed by atoms with Gasteiger partial charge in [0.25, 0.3) is 0 Å². The van der Waals surface area contributed by atoms with Crippen molar-refractivity contribution in [1.29, 1.82) is 0 Å². The minimum Gasteiger partial charge on any atom is -0.396 e. The van der Waals surface area contributed by atoms with Crippen LogP contribution < -0.4 is 0 Å². The van der Waals surface area contributed by atoms with E-state index in [1.165, 1.54) is 0 Å². The van der Waals surface area contributed by atoms with Gasteiger partial charge in [-0.15, -0.1) is 0 Å². The summed E-state index contributed by atoms with van der Waals surface area (Å²) in [6, 6.07) is 7.81. The van der Waals surface area contributed by atoms with Crippen molar-refractivity contribution < 1.29 is 19.7 Å². The summed E-state index contributed by atoms with van der Waals surface area (Å²) in [6.07, 6.45) is 3.47. The van der Waals surface area contributed by atoms with Crippen molar-refractivity contribution in [1.82, 2.24) is 0 Å². The molecule has 0 aromatic heterocycles. The summed E-state index contributed by atoms with van der Waals surface area (Å²) >= 11 is 0. The van der Waals surface area contributed by atoms with Crippen molar-refractivity contribution >= 4 is 0 Å². The molecule has 2 aliphatic rings. The number of aliphatic hydroxyl groups excluding tert-OH is 1. The summed E-state index contributed by atoms with van der Waals surface area (Å²) in [5.41, 5.74) is 0.994. The number of ether oxygens (including phenoxy) is 2. The van der Waals surface area contributed by atoms with Crippen LogP contribution in [0.1, 0.15) is 36.8 Å². The molecular weight excluding hydrogens is 256 g/mol. The fourth-order valence-corrected chi connectivity index (χ4v) is 3.56. The Hall–Kier alpha value is -0.940. The van der Waals surface area contributed by atoms with Crippen LogP contribution in [0.5, 0.6) is 0 Å².